The molecule has 0 amide bonds. The molecule has 0 spiro atoms. The molecule has 0 saturated carbocycles. The number of carboxylic acid groups (broad SMARTS) is 1. The fraction of sp³-hybridized carbons (Fsp3) is 0.800. The second kappa shape index (κ2) is 3.43. The fourth-order valence-corrected chi connectivity index (χ4v) is 0.303. The second-order valence-electron chi connectivity index (χ2n) is 1.54. The van der Waals surface area contributed by atoms with Crippen molar-refractivity contribution >= 4 is 5.97 Å². The highest BCUT2D eigenvalue weighted by Crippen LogP contribution is 1.77. The van der Waals surface area contributed by atoms with Gasteiger partial charge in [-0.25, -0.2) is 0 Å². The minimum atomic E-state index is -0.871. The summed E-state index contributed by atoms with van der Waals surface area (Å²) in [5.74, 6) is -0.871. The zero-order chi connectivity index (χ0) is 7.28. The summed E-state index contributed by atoms with van der Waals surface area (Å²) in [5.41, 5.74) is 0. The molecule has 0 aromatic heterocycles. The minimum Gasteiger partial charge on any atom is -0.480 e. The Kier molecular flexibility index (Phi) is 2.39. The van der Waals surface area contributed by atoms with Crippen molar-refractivity contribution in [1.29, 1.82) is 0 Å². The number of carboxylic acids is 1. The lowest BCUT2D eigenvalue weighted by Crippen LogP contribution is -2.24. The van der Waals surface area contributed by atoms with E-state index in [1.807, 2.05) is 6.92 Å². The summed E-state index contributed by atoms with van der Waals surface area (Å²) in [4.78, 5) is 11.5. The van der Waals surface area contributed by atoms with E-state index >= 15 is 0 Å². The largest absolute Gasteiger partial charge is 0.480 e. The van der Waals surface area contributed by atoms with Gasteiger partial charge in [-0.05, 0) is 13.6 Å². The van der Waals surface area contributed by atoms with Crippen LogP contribution in [0.3, 0.4) is 0 Å². The van der Waals surface area contributed by atoms with E-state index in [2.05, 4.69) is 0 Å². The van der Waals surface area contributed by atoms with Crippen molar-refractivity contribution < 1.29 is 11.3 Å². The van der Waals surface area contributed by atoms with Gasteiger partial charge in [-0.15, -0.1) is 0 Å². The molecule has 0 aliphatic heterocycles. The van der Waals surface area contributed by atoms with Crippen LogP contribution in [0.5, 0.6) is 0 Å². The van der Waals surface area contributed by atoms with E-state index in [1.165, 1.54) is 4.90 Å². The highest BCUT2D eigenvalue weighted by atomic mass is 16.4. The van der Waals surface area contributed by atoms with Gasteiger partial charge in [-0.1, -0.05) is 6.92 Å². The lowest BCUT2D eigenvalue weighted by Gasteiger charge is -2.08. The van der Waals surface area contributed by atoms with E-state index in [0.29, 0.717) is 6.54 Å². The van der Waals surface area contributed by atoms with Crippen LogP contribution in [-0.2, 0) is 4.79 Å². The van der Waals surface area contributed by atoms with Gasteiger partial charge >= 0.3 is 5.97 Å². The molecule has 0 fully saturated rings. The zero-order valence-electron chi connectivity index (χ0n) is 5.92. The van der Waals surface area contributed by atoms with E-state index in [-0.39, 0.29) is 13.6 Å². The molecule has 0 saturated heterocycles. The molecule has 0 aromatic carbocycles. The topological polar surface area (TPSA) is 40.5 Å². The van der Waals surface area contributed by atoms with Gasteiger partial charge in [0.2, 0.25) is 0 Å². The number of aliphatic carboxylic acids is 1. The molecule has 3 nitrogen and oxygen atoms in total. The van der Waals surface area contributed by atoms with Gasteiger partial charge in [0.15, 0.2) is 0 Å². The molecule has 0 atom stereocenters. The Balaban J connectivity index is 3.43. The third-order valence-electron chi connectivity index (χ3n) is 0.806. The third kappa shape index (κ3) is 3.61. The molecule has 0 rings (SSSR count). The molecular formula is C5H11NO2. The van der Waals surface area contributed by atoms with Crippen LogP contribution in [0.1, 0.15) is 8.29 Å². The molecule has 0 aliphatic rings. The van der Waals surface area contributed by atoms with Gasteiger partial charge in [0, 0.05) is 1.37 Å². The van der Waals surface area contributed by atoms with Crippen LogP contribution in [0.25, 0.3) is 0 Å². The number of hydrogen-bond acceptors (Lipinski definition) is 2. The maximum absolute atomic E-state index is 10.0. The highest BCUT2D eigenvalue weighted by Gasteiger charge is 1.98. The van der Waals surface area contributed by atoms with Crippen LogP contribution in [0.4, 0.5) is 0 Å². The Morgan fingerprint density at radius 2 is 2.62 bits per heavy atom. The monoisotopic (exact) mass is 118 g/mol. The fourth-order valence-electron chi connectivity index (χ4n) is 0.303. The van der Waals surface area contributed by atoms with Crippen LogP contribution in [-0.4, -0.2) is 36.1 Å². The van der Waals surface area contributed by atoms with Gasteiger partial charge in [0.05, 0.1) is 6.54 Å². The predicted octanol–water partition coefficient (Wildman–Crippen LogP) is 0.0227. The van der Waals surface area contributed by atoms with Crippen molar-refractivity contribution in [2.45, 2.75) is 6.92 Å². The standard InChI is InChI=1S/C5H11NO2/c1-3-6(2)4-5(7)8/h3-4H2,1-2H3,(H,7,8)/i2D. The number of carbonyl (C=O) groups is 1. The summed E-state index contributed by atoms with van der Waals surface area (Å²) >= 11 is 0. The Morgan fingerprint density at radius 1 is 2.00 bits per heavy atom. The minimum absolute atomic E-state index is 0.0278. The van der Waals surface area contributed by atoms with E-state index < -0.39 is 5.97 Å². The molecule has 0 aromatic rings. The van der Waals surface area contributed by atoms with Crippen LogP contribution < -0.4 is 0 Å². The number of hydrogen-bond donors (Lipinski definition) is 1. The van der Waals surface area contributed by atoms with Crippen molar-refractivity contribution in [2.24, 2.45) is 0 Å². The molecule has 0 bridgehead atoms. The van der Waals surface area contributed by atoms with Crippen molar-refractivity contribution in [1.82, 2.24) is 4.90 Å². The number of nitrogens with zero attached hydrogens (tertiary/aromatic N) is 1. The van der Waals surface area contributed by atoms with Crippen LogP contribution >= 0.6 is 0 Å². The molecule has 3 heteroatoms. The van der Waals surface area contributed by atoms with Gasteiger partial charge in [-0.2, -0.15) is 0 Å². The first-order valence-electron chi connectivity index (χ1n) is 3.14. The zero-order valence-corrected chi connectivity index (χ0v) is 4.92. The summed E-state index contributed by atoms with van der Waals surface area (Å²) in [7, 11) is 0.0583. The van der Waals surface area contributed by atoms with E-state index in [9.17, 15) is 4.79 Å². The van der Waals surface area contributed by atoms with Gasteiger partial charge in [0.1, 0.15) is 0 Å². The average Bonchev–Trinajstić information content (AvgIpc) is 1.82. The SMILES string of the molecule is [2H]CN(CC)CC(=O)O. The van der Waals surface area contributed by atoms with Crippen molar-refractivity contribution in [2.75, 3.05) is 20.1 Å². The number of likely N-dealkylation sites (N-methyl/N-ethyl adjacent to an activating group) is 1. The summed E-state index contributed by atoms with van der Waals surface area (Å²) in [6, 6.07) is 0. The number of rotatable bonds is 3. The van der Waals surface area contributed by atoms with Gasteiger partial charge in [-0.3, -0.25) is 9.69 Å². The Morgan fingerprint density at radius 3 is 2.75 bits per heavy atom. The van der Waals surface area contributed by atoms with Crippen LogP contribution in [0.2, 0.25) is 0 Å². The van der Waals surface area contributed by atoms with Crippen LogP contribution in [0.15, 0.2) is 0 Å². The molecular weight excluding hydrogens is 106 g/mol. The first-order chi connectivity index (χ1) is 4.20. The molecule has 0 unspecified atom stereocenters. The molecule has 0 aliphatic carbocycles. The summed E-state index contributed by atoms with van der Waals surface area (Å²) < 4.78 is 6.82. The molecule has 0 radical (unpaired) electrons. The highest BCUT2D eigenvalue weighted by molar-refractivity contribution is 5.68. The van der Waals surface area contributed by atoms with E-state index in [4.69, 9.17) is 6.48 Å². The molecule has 48 valence electrons. The second-order valence-corrected chi connectivity index (χ2v) is 1.54. The lowest BCUT2D eigenvalue weighted by atomic mass is 10.5. The Hall–Kier alpha value is -0.570. The Labute approximate surface area is 50.3 Å². The van der Waals surface area contributed by atoms with Crippen molar-refractivity contribution in [3.63, 3.8) is 0 Å². The first kappa shape index (κ1) is 5.56. The van der Waals surface area contributed by atoms with Crippen LogP contribution in [0, 0.1) is 0 Å². The smallest absolute Gasteiger partial charge is 0.317 e. The molecule has 8 heavy (non-hydrogen) atoms. The predicted molar refractivity (Wildman–Crippen MR) is 30.8 cm³/mol. The first-order valence-corrected chi connectivity index (χ1v) is 2.44. The molecule has 0 heterocycles. The Bertz CT molecular complexity index is 93.0. The van der Waals surface area contributed by atoms with E-state index in [1.54, 1.807) is 0 Å². The summed E-state index contributed by atoms with van der Waals surface area (Å²) in [6.07, 6.45) is 0. The normalized spacial score (nSPS) is 11.5. The average molecular weight is 118 g/mol. The van der Waals surface area contributed by atoms with Gasteiger partial charge in [0.25, 0.3) is 0 Å². The van der Waals surface area contributed by atoms with Gasteiger partial charge < -0.3 is 5.11 Å². The van der Waals surface area contributed by atoms with Crippen molar-refractivity contribution in [3.8, 4) is 0 Å². The maximum Gasteiger partial charge on any atom is 0.317 e. The third-order valence-corrected chi connectivity index (χ3v) is 0.806. The van der Waals surface area contributed by atoms with E-state index in [0.717, 1.165) is 0 Å². The van der Waals surface area contributed by atoms with Crippen molar-refractivity contribution in [3.05, 3.63) is 0 Å². The summed E-state index contributed by atoms with van der Waals surface area (Å²) in [5, 5.41) is 8.22. The maximum atomic E-state index is 10.0. The quantitative estimate of drug-likeness (QED) is 0.568. The summed E-state index contributed by atoms with van der Waals surface area (Å²) in [6.45, 7) is 2.42. The lowest BCUT2D eigenvalue weighted by molar-refractivity contribution is -0.137. The molecule has 1 N–H and O–H groups in total.